The van der Waals surface area contributed by atoms with E-state index in [-0.39, 0.29) is 21.4 Å². The Morgan fingerprint density at radius 3 is 2.39 bits per heavy atom. The van der Waals surface area contributed by atoms with Crippen LogP contribution in [0, 0.1) is 6.92 Å². The molecule has 0 aromatic heterocycles. The number of piperidine rings is 1. The molecule has 0 aliphatic carbocycles. The van der Waals surface area contributed by atoms with Gasteiger partial charge in [0.1, 0.15) is 6.04 Å². The lowest BCUT2D eigenvalue weighted by atomic mass is 9.98. The van der Waals surface area contributed by atoms with Gasteiger partial charge in [0.05, 0.1) is 15.5 Å². The van der Waals surface area contributed by atoms with Gasteiger partial charge in [0.25, 0.3) is 5.91 Å². The van der Waals surface area contributed by atoms with Crippen LogP contribution >= 0.6 is 27.5 Å². The molecule has 3 aromatic carbocycles. The van der Waals surface area contributed by atoms with Gasteiger partial charge in [0, 0.05) is 30.8 Å². The standard InChI is InChI=1S/C28H29BrClN3O4S/c1-18-16-21(11-13-23(18)19-7-9-20(29)10-8-19)31-27(34)26-6-4-5-15-33(26)28(35)24-17-22(12-14-25(24)30)38(36,37)32(2)3/h7-14,16-17,26H,4-6,15H2,1-3H3,(H,31,34). The molecule has 4 rings (SSSR count). The second-order valence-corrected chi connectivity index (χ2v) is 12.9. The minimum atomic E-state index is -3.76. The number of likely N-dealkylation sites (tertiary alicyclic amines) is 1. The van der Waals surface area contributed by atoms with E-state index in [2.05, 4.69) is 21.2 Å². The molecule has 1 heterocycles. The maximum absolute atomic E-state index is 13.6. The Morgan fingerprint density at radius 2 is 1.74 bits per heavy atom. The molecular formula is C28H29BrClN3O4S. The number of hydrogen-bond donors (Lipinski definition) is 1. The first kappa shape index (κ1) is 28.3. The molecule has 0 saturated carbocycles. The fraction of sp³-hybridized carbons (Fsp3) is 0.286. The summed E-state index contributed by atoms with van der Waals surface area (Å²) in [6, 6.07) is 17.1. The average molecular weight is 619 g/mol. The van der Waals surface area contributed by atoms with Crippen LogP contribution in [0.1, 0.15) is 35.2 Å². The van der Waals surface area contributed by atoms with Gasteiger partial charge >= 0.3 is 0 Å². The van der Waals surface area contributed by atoms with Crippen molar-refractivity contribution in [2.75, 3.05) is 26.0 Å². The zero-order valence-corrected chi connectivity index (χ0v) is 24.5. The molecule has 10 heteroatoms. The van der Waals surface area contributed by atoms with Crippen LogP contribution in [0.4, 0.5) is 5.69 Å². The quantitative estimate of drug-likeness (QED) is 0.369. The van der Waals surface area contributed by atoms with Crippen molar-refractivity contribution in [1.82, 2.24) is 9.21 Å². The van der Waals surface area contributed by atoms with Crippen molar-refractivity contribution in [1.29, 1.82) is 0 Å². The van der Waals surface area contributed by atoms with E-state index in [1.54, 1.807) is 0 Å². The molecule has 2 amide bonds. The van der Waals surface area contributed by atoms with Crippen LogP contribution in [-0.2, 0) is 14.8 Å². The predicted molar refractivity (Wildman–Crippen MR) is 154 cm³/mol. The highest BCUT2D eigenvalue weighted by Crippen LogP contribution is 2.29. The fourth-order valence-electron chi connectivity index (χ4n) is 4.56. The minimum absolute atomic E-state index is 0.0328. The highest BCUT2D eigenvalue weighted by atomic mass is 79.9. The van der Waals surface area contributed by atoms with Crippen molar-refractivity contribution in [3.05, 3.63) is 81.3 Å². The number of aryl methyl sites for hydroxylation is 1. The van der Waals surface area contributed by atoms with E-state index >= 15 is 0 Å². The van der Waals surface area contributed by atoms with Gasteiger partial charge in [-0.15, -0.1) is 0 Å². The lowest BCUT2D eigenvalue weighted by Crippen LogP contribution is -2.50. The number of carbonyl (C=O) groups is 2. The molecule has 7 nitrogen and oxygen atoms in total. The Bertz CT molecular complexity index is 1480. The molecule has 200 valence electrons. The summed E-state index contributed by atoms with van der Waals surface area (Å²) in [6.07, 6.45) is 2.04. The van der Waals surface area contributed by atoms with Gasteiger partial charge < -0.3 is 10.2 Å². The first-order valence-corrected chi connectivity index (χ1v) is 14.8. The number of anilines is 1. The van der Waals surface area contributed by atoms with Gasteiger partial charge in [0.15, 0.2) is 0 Å². The molecule has 1 unspecified atom stereocenters. The zero-order valence-electron chi connectivity index (χ0n) is 21.4. The zero-order chi connectivity index (χ0) is 27.6. The molecule has 38 heavy (non-hydrogen) atoms. The van der Waals surface area contributed by atoms with Gasteiger partial charge in [-0.2, -0.15) is 0 Å². The summed E-state index contributed by atoms with van der Waals surface area (Å²) in [5.74, 6) is -0.755. The first-order chi connectivity index (χ1) is 18.0. The van der Waals surface area contributed by atoms with Crippen molar-refractivity contribution in [2.45, 2.75) is 37.1 Å². The van der Waals surface area contributed by atoms with E-state index in [1.807, 2.05) is 49.4 Å². The number of sulfonamides is 1. The third-order valence-electron chi connectivity index (χ3n) is 6.66. The topological polar surface area (TPSA) is 86.8 Å². The van der Waals surface area contributed by atoms with Crippen LogP contribution in [0.3, 0.4) is 0 Å². The lowest BCUT2D eigenvalue weighted by Gasteiger charge is -2.35. The van der Waals surface area contributed by atoms with Gasteiger partial charge in [0.2, 0.25) is 15.9 Å². The Morgan fingerprint density at radius 1 is 1.03 bits per heavy atom. The third kappa shape index (κ3) is 5.96. The summed E-state index contributed by atoms with van der Waals surface area (Å²) in [4.78, 5) is 28.4. The van der Waals surface area contributed by atoms with Crippen LogP contribution < -0.4 is 5.32 Å². The molecule has 0 radical (unpaired) electrons. The molecule has 3 aromatic rings. The molecule has 1 N–H and O–H groups in total. The number of carbonyl (C=O) groups excluding carboxylic acids is 2. The maximum atomic E-state index is 13.6. The third-order valence-corrected chi connectivity index (χ3v) is 9.33. The van der Waals surface area contributed by atoms with E-state index < -0.39 is 22.0 Å². The summed E-state index contributed by atoms with van der Waals surface area (Å²) in [5, 5.41) is 3.10. The highest BCUT2D eigenvalue weighted by Gasteiger charge is 2.34. The second kappa shape index (κ2) is 11.6. The van der Waals surface area contributed by atoms with E-state index in [1.165, 1.54) is 37.2 Å². The Balaban J connectivity index is 1.56. The first-order valence-electron chi connectivity index (χ1n) is 12.2. The van der Waals surface area contributed by atoms with Crippen molar-refractivity contribution in [3.63, 3.8) is 0 Å². The second-order valence-electron chi connectivity index (χ2n) is 9.47. The molecule has 0 spiro atoms. The highest BCUT2D eigenvalue weighted by molar-refractivity contribution is 9.10. The number of rotatable bonds is 6. The summed E-state index contributed by atoms with van der Waals surface area (Å²) < 4.78 is 27.3. The summed E-state index contributed by atoms with van der Waals surface area (Å²) >= 11 is 9.78. The number of halogens is 2. The molecule has 1 aliphatic heterocycles. The largest absolute Gasteiger partial charge is 0.327 e. The van der Waals surface area contributed by atoms with Crippen LogP contribution in [0.5, 0.6) is 0 Å². The molecule has 1 atom stereocenters. The molecule has 1 saturated heterocycles. The van der Waals surface area contributed by atoms with Crippen LogP contribution in [-0.4, -0.2) is 56.1 Å². The van der Waals surface area contributed by atoms with Crippen molar-refractivity contribution in [2.24, 2.45) is 0 Å². The van der Waals surface area contributed by atoms with E-state index in [9.17, 15) is 18.0 Å². The monoisotopic (exact) mass is 617 g/mol. The van der Waals surface area contributed by atoms with Crippen molar-refractivity contribution >= 4 is 55.1 Å². The van der Waals surface area contributed by atoms with Crippen LogP contribution in [0.25, 0.3) is 11.1 Å². The van der Waals surface area contributed by atoms with E-state index in [4.69, 9.17) is 11.6 Å². The maximum Gasteiger partial charge on any atom is 0.256 e. The van der Waals surface area contributed by atoms with Gasteiger partial charge in [-0.3, -0.25) is 9.59 Å². The molecule has 1 fully saturated rings. The smallest absolute Gasteiger partial charge is 0.256 e. The number of amides is 2. The average Bonchev–Trinajstić information content (AvgIpc) is 2.89. The number of hydrogen-bond acceptors (Lipinski definition) is 4. The molecular weight excluding hydrogens is 590 g/mol. The number of nitrogens with zero attached hydrogens (tertiary/aromatic N) is 2. The van der Waals surface area contributed by atoms with Crippen molar-refractivity contribution in [3.8, 4) is 11.1 Å². The Labute approximate surface area is 237 Å². The van der Waals surface area contributed by atoms with Crippen molar-refractivity contribution < 1.29 is 18.0 Å². The van der Waals surface area contributed by atoms with E-state index in [0.29, 0.717) is 18.7 Å². The summed E-state index contributed by atoms with van der Waals surface area (Å²) in [6.45, 7) is 2.36. The van der Waals surface area contributed by atoms with Gasteiger partial charge in [-0.1, -0.05) is 45.7 Å². The summed E-state index contributed by atoms with van der Waals surface area (Å²) in [7, 11) is -0.918. The van der Waals surface area contributed by atoms with E-state index in [0.717, 1.165) is 38.3 Å². The van der Waals surface area contributed by atoms with Gasteiger partial charge in [-0.25, -0.2) is 12.7 Å². The molecule has 0 bridgehead atoms. The fourth-order valence-corrected chi connectivity index (χ4v) is 5.95. The van der Waals surface area contributed by atoms with Crippen LogP contribution in [0.15, 0.2) is 70.0 Å². The predicted octanol–water partition coefficient (Wildman–Crippen LogP) is 5.96. The minimum Gasteiger partial charge on any atom is -0.327 e. The Hall–Kier alpha value is -2.72. The normalized spacial score (nSPS) is 15.9. The number of nitrogens with one attached hydrogen (secondary N) is 1. The molecule has 1 aliphatic rings. The summed E-state index contributed by atoms with van der Waals surface area (Å²) in [5.41, 5.74) is 3.84. The number of benzene rings is 3. The SMILES string of the molecule is Cc1cc(NC(=O)C2CCCCN2C(=O)c2cc(S(=O)(=O)N(C)C)ccc2Cl)ccc1-c1ccc(Br)cc1. The van der Waals surface area contributed by atoms with Gasteiger partial charge in [-0.05, 0) is 85.3 Å². The van der Waals surface area contributed by atoms with Crippen LogP contribution in [0.2, 0.25) is 5.02 Å². The Kier molecular flexibility index (Phi) is 8.62. The lowest BCUT2D eigenvalue weighted by molar-refractivity contribution is -0.121.